The number of hydrogen-bond donors (Lipinski definition) is 1. The van der Waals surface area contributed by atoms with E-state index in [4.69, 9.17) is 4.74 Å². The van der Waals surface area contributed by atoms with Crippen LogP contribution in [0.3, 0.4) is 0 Å². The van der Waals surface area contributed by atoms with Gasteiger partial charge in [0.1, 0.15) is 11.9 Å². The second-order valence-corrected chi connectivity index (χ2v) is 5.17. The summed E-state index contributed by atoms with van der Waals surface area (Å²) in [5.41, 5.74) is 2.86. The maximum absolute atomic E-state index is 10.7. The fourth-order valence-electron chi connectivity index (χ4n) is 2.76. The molecule has 0 radical (unpaired) electrons. The smallest absolute Gasteiger partial charge is 0.128 e. The minimum absolute atomic E-state index is 0.683. The van der Waals surface area contributed by atoms with Crippen LogP contribution in [0.15, 0.2) is 30.5 Å². The zero-order chi connectivity index (χ0) is 13.9. The van der Waals surface area contributed by atoms with Crippen molar-refractivity contribution in [2.75, 3.05) is 6.61 Å². The van der Waals surface area contributed by atoms with Crippen LogP contribution in [0.1, 0.15) is 42.7 Å². The third-order valence-electron chi connectivity index (χ3n) is 3.72. The van der Waals surface area contributed by atoms with Crippen LogP contribution in [-0.2, 0) is 13.0 Å². The topological polar surface area (TPSA) is 47.3 Å². The molecule has 1 atom stereocenters. The quantitative estimate of drug-likeness (QED) is 0.931. The van der Waals surface area contributed by atoms with Gasteiger partial charge < -0.3 is 9.84 Å². The van der Waals surface area contributed by atoms with Crippen molar-refractivity contribution in [1.29, 1.82) is 0 Å². The second-order valence-electron chi connectivity index (χ2n) is 5.17. The van der Waals surface area contributed by atoms with Gasteiger partial charge in [0.2, 0.25) is 0 Å². The van der Waals surface area contributed by atoms with Gasteiger partial charge in [0.25, 0.3) is 0 Å². The molecule has 4 nitrogen and oxygen atoms in total. The number of aryl methyl sites for hydroxylation is 2. The highest BCUT2D eigenvalue weighted by Gasteiger charge is 2.22. The number of para-hydroxylation sites is 1. The molecule has 1 aliphatic heterocycles. The number of benzene rings is 1. The molecule has 20 heavy (non-hydrogen) atoms. The first-order valence-electron chi connectivity index (χ1n) is 7.25. The van der Waals surface area contributed by atoms with E-state index < -0.39 is 6.10 Å². The Morgan fingerprint density at radius 2 is 2.30 bits per heavy atom. The van der Waals surface area contributed by atoms with E-state index in [1.807, 2.05) is 22.9 Å². The Balaban J connectivity index is 1.98. The van der Waals surface area contributed by atoms with Gasteiger partial charge in [-0.2, -0.15) is 5.10 Å². The largest absolute Gasteiger partial charge is 0.493 e. The molecule has 1 aromatic carbocycles. The molecule has 0 saturated carbocycles. The number of nitrogens with zero attached hydrogens (tertiary/aromatic N) is 2. The molecule has 2 aromatic rings. The first-order valence-corrected chi connectivity index (χ1v) is 7.25. The average molecular weight is 272 g/mol. The average Bonchev–Trinajstić information content (AvgIpc) is 2.94. The van der Waals surface area contributed by atoms with E-state index in [2.05, 4.69) is 18.1 Å². The molecule has 0 bridgehead atoms. The van der Waals surface area contributed by atoms with Crippen molar-refractivity contribution < 1.29 is 9.84 Å². The van der Waals surface area contributed by atoms with Crippen molar-refractivity contribution in [2.24, 2.45) is 0 Å². The van der Waals surface area contributed by atoms with Crippen LogP contribution in [0.2, 0.25) is 0 Å². The molecule has 1 aliphatic rings. The summed E-state index contributed by atoms with van der Waals surface area (Å²) in [6, 6.07) is 7.89. The Morgan fingerprint density at radius 3 is 3.15 bits per heavy atom. The minimum atomic E-state index is -0.683. The van der Waals surface area contributed by atoms with E-state index in [9.17, 15) is 5.11 Å². The highest BCUT2D eigenvalue weighted by atomic mass is 16.5. The SMILES string of the molecule is CCCn1nccc1C(O)c1cccc2c1OCCC2. The summed E-state index contributed by atoms with van der Waals surface area (Å²) in [4.78, 5) is 0. The summed E-state index contributed by atoms with van der Waals surface area (Å²) < 4.78 is 7.65. The van der Waals surface area contributed by atoms with Crippen LogP contribution in [0.5, 0.6) is 5.75 Å². The Kier molecular flexibility index (Phi) is 3.74. The number of ether oxygens (including phenoxy) is 1. The Morgan fingerprint density at radius 1 is 1.40 bits per heavy atom. The van der Waals surface area contributed by atoms with Crippen molar-refractivity contribution in [3.8, 4) is 5.75 Å². The number of aliphatic hydroxyl groups excluding tert-OH is 1. The second kappa shape index (κ2) is 5.67. The fourth-order valence-corrected chi connectivity index (χ4v) is 2.76. The van der Waals surface area contributed by atoms with Crippen LogP contribution >= 0.6 is 0 Å². The molecule has 2 heterocycles. The normalized spacial score (nSPS) is 15.5. The van der Waals surface area contributed by atoms with E-state index in [0.717, 1.165) is 49.4 Å². The van der Waals surface area contributed by atoms with Crippen LogP contribution in [-0.4, -0.2) is 21.5 Å². The predicted octanol–water partition coefficient (Wildman–Crippen LogP) is 2.70. The van der Waals surface area contributed by atoms with Crippen LogP contribution in [0.25, 0.3) is 0 Å². The van der Waals surface area contributed by atoms with Crippen molar-refractivity contribution in [1.82, 2.24) is 9.78 Å². The van der Waals surface area contributed by atoms with Crippen LogP contribution < -0.4 is 4.74 Å². The van der Waals surface area contributed by atoms with E-state index in [1.54, 1.807) is 6.20 Å². The van der Waals surface area contributed by atoms with E-state index >= 15 is 0 Å². The summed E-state index contributed by atoms with van der Waals surface area (Å²) >= 11 is 0. The lowest BCUT2D eigenvalue weighted by Gasteiger charge is -2.23. The highest BCUT2D eigenvalue weighted by molar-refractivity contribution is 5.46. The zero-order valence-electron chi connectivity index (χ0n) is 11.7. The number of aliphatic hydroxyl groups is 1. The molecule has 1 aromatic heterocycles. The molecular weight excluding hydrogens is 252 g/mol. The molecule has 0 saturated heterocycles. The maximum atomic E-state index is 10.7. The highest BCUT2D eigenvalue weighted by Crippen LogP contribution is 2.35. The molecule has 0 spiro atoms. The van der Waals surface area contributed by atoms with Crippen LogP contribution in [0, 0.1) is 0 Å². The summed E-state index contributed by atoms with van der Waals surface area (Å²) in [7, 11) is 0. The molecule has 0 aliphatic carbocycles. The molecular formula is C16H20N2O2. The van der Waals surface area contributed by atoms with Gasteiger partial charge >= 0.3 is 0 Å². The number of rotatable bonds is 4. The fraction of sp³-hybridized carbons (Fsp3) is 0.438. The van der Waals surface area contributed by atoms with Gasteiger partial charge in [-0.3, -0.25) is 4.68 Å². The minimum Gasteiger partial charge on any atom is -0.493 e. The van der Waals surface area contributed by atoms with Crippen molar-refractivity contribution in [3.05, 3.63) is 47.3 Å². The van der Waals surface area contributed by atoms with Gasteiger partial charge in [0.05, 0.1) is 12.3 Å². The van der Waals surface area contributed by atoms with Gasteiger partial charge in [-0.25, -0.2) is 0 Å². The molecule has 1 N–H and O–H groups in total. The van der Waals surface area contributed by atoms with Gasteiger partial charge in [0.15, 0.2) is 0 Å². The van der Waals surface area contributed by atoms with Gasteiger partial charge in [-0.1, -0.05) is 25.1 Å². The first kappa shape index (κ1) is 13.2. The molecule has 106 valence electrons. The Bertz CT molecular complexity index is 592. The van der Waals surface area contributed by atoms with Crippen molar-refractivity contribution in [3.63, 3.8) is 0 Å². The summed E-state index contributed by atoms with van der Waals surface area (Å²) in [6.45, 7) is 3.64. The summed E-state index contributed by atoms with van der Waals surface area (Å²) in [5.74, 6) is 0.857. The molecule has 1 unspecified atom stereocenters. The van der Waals surface area contributed by atoms with E-state index in [-0.39, 0.29) is 0 Å². The van der Waals surface area contributed by atoms with Gasteiger partial charge in [-0.05, 0) is 30.9 Å². The lowest BCUT2D eigenvalue weighted by Crippen LogP contribution is -2.15. The van der Waals surface area contributed by atoms with E-state index in [1.165, 1.54) is 5.56 Å². The van der Waals surface area contributed by atoms with Gasteiger partial charge in [-0.15, -0.1) is 0 Å². The third kappa shape index (κ3) is 2.31. The number of aromatic nitrogens is 2. The summed E-state index contributed by atoms with van der Waals surface area (Å²) in [5, 5.41) is 15.0. The van der Waals surface area contributed by atoms with Crippen LogP contribution in [0.4, 0.5) is 0 Å². The maximum Gasteiger partial charge on any atom is 0.128 e. The monoisotopic (exact) mass is 272 g/mol. The molecule has 0 amide bonds. The zero-order valence-corrected chi connectivity index (χ0v) is 11.7. The number of hydrogen-bond acceptors (Lipinski definition) is 3. The lowest BCUT2D eigenvalue weighted by atomic mass is 9.98. The van der Waals surface area contributed by atoms with E-state index in [0.29, 0.717) is 0 Å². The van der Waals surface area contributed by atoms with Gasteiger partial charge in [0, 0.05) is 18.3 Å². The molecule has 4 heteroatoms. The Labute approximate surface area is 119 Å². The lowest BCUT2D eigenvalue weighted by molar-refractivity contribution is 0.196. The standard InChI is InChI=1S/C16H20N2O2/c1-2-10-18-14(8-9-17-18)15(19)13-7-3-5-12-6-4-11-20-16(12)13/h3,5,7-9,15,19H,2,4,6,10-11H2,1H3. The summed E-state index contributed by atoms with van der Waals surface area (Å²) in [6.07, 6.45) is 4.11. The van der Waals surface area contributed by atoms with Crippen molar-refractivity contribution >= 4 is 0 Å². The predicted molar refractivity (Wildman–Crippen MR) is 76.8 cm³/mol. The first-order chi connectivity index (χ1) is 9.81. The molecule has 0 fully saturated rings. The van der Waals surface area contributed by atoms with Crippen molar-refractivity contribution in [2.45, 2.75) is 38.8 Å². The number of fused-ring (bicyclic) bond motifs is 1. The third-order valence-corrected chi connectivity index (χ3v) is 3.72. The molecule has 3 rings (SSSR count). The Hall–Kier alpha value is -1.81.